The Morgan fingerprint density at radius 1 is 1.10 bits per heavy atom. The van der Waals surface area contributed by atoms with E-state index in [1.165, 1.54) is 0 Å². The molecule has 1 atom stereocenters. The zero-order valence-electron chi connectivity index (χ0n) is 10.7. The number of halogens is 1. The van der Waals surface area contributed by atoms with Gasteiger partial charge < -0.3 is 15.3 Å². The van der Waals surface area contributed by atoms with Gasteiger partial charge in [-0.2, -0.15) is 0 Å². The van der Waals surface area contributed by atoms with Crippen molar-refractivity contribution in [3.8, 4) is 0 Å². The molecule has 0 saturated carbocycles. The molecule has 0 aliphatic heterocycles. The molecule has 3 N–H and O–H groups in total. The van der Waals surface area contributed by atoms with Crippen LogP contribution >= 0.6 is 11.6 Å². The van der Waals surface area contributed by atoms with Gasteiger partial charge in [0.15, 0.2) is 5.60 Å². The first-order valence-electron chi connectivity index (χ1n) is 6.31. The van der Waals surface area contributed by atoms with E-state index in [-0.39, 0.29) is 6.54 Å². The van der Waals surface area contributed by atoms with Crippen molar-refractivity contribution < 1.29 is 9.52 Å². The van der Waals surface area contributed by atoms with Crippen molar-refractivity contribution in [1.29, 1.82) is 0 Å². The molecule has 0 aliphatic rings. The molecule has 102 valence electrons. The molecule has 3 aromatic rings. The van der Waals surface area contributed by atoms with Crippen LogP contribution in [-0.4, -0.2) is 11.7 Å². The average molecular weight is 288 g/mol. The molecule has 0 saturated heterocycles. The second-order valence-corrected chi connectivity index (χ2v) is 5.16. The van der Waals surface area contributed by atoms with Crippen molar-refractivity contribution in [1.82, 2.24) is 0 Å². The minimum atomic E-state index is -1.34. The van der Waals surface area contributed by atoms with Crippen molar-refractivity contribution in [2.24, 2.45) is 5.73 Å². The summed E-state index contributed by atoms with van der Waals surface area (Å²) in [6.45, 7) is 0.0323. The summed E-state index contributed by atoms with van der Waals surface area (Å²) in [5.41, 5.74) is 5.82. The molecular formula is C16H14ClNO2. The fourth-order valence-electron chi connectivity index (χ4n) is 2.29. The SMILES string of the molecule is NCC(O)(c1ccccc1)c1cc2cc(Cl)ccc2o1. The third-order valence-corrected chi connectivity index (χ3v) is 3.67. The topological polar surface area (TPSA) is 59.4 Å². The summed E-state index contributed by atoms with van der Waals surface area (Å²) in [6, 6.07) is 16.4. The Labute approximate surface area is 121 Å². The number of fused-ring (bicyclic) bond motifs is 1. The van der Waals surface area contributed by atoms with Crippen molar-refractivity contribution in [2.75, 3.05) is 6.54 Å². The average Bonchev–Trinajstić information content (AvgIpc) is 2.90. The maximum Gasteiger partial charge on any atom is 0.159 e. The molecule has 1 heterocycles. The number of aliphatic hydroxyl groups is 1. The second kappa shape index (κ2) is 4.94. The summed E-state index contributed by atoms with van der Waals surface area (Å²) in [5, 5.41) is 12.3. The van der Waals surface area contributed by atoms with Gasteiger partial charge in [0.05, 0.1) is 0 Å². The summed E-state index contributed by atoms with van der Waals surface area (Å²) < 4.78 is 5.74. The molecule has 3 rings (SSSR count). The first-order chi connectivity index (χ1) is 9.63. The van der Waals surface area contributed by atoms with Crippen LogP contribution in [0.4, 0.5) is 0 Å². The first kappa shape index (κ1) is 13.2. The van der Waals surface area contributed by atoms with E-state index >= 15 is 0 Å². The molecule has 20 heavy (non-hydrogen) atoms. The van der Waals surface area contributed by atoms with Crippen LogP contribution in [0.5, 0.6) is 0 Å². The summed E-state index contributed by atoms with van der Waals surface area (Å²) in [5.74, 6) is 0.420. The lowest BCUT2D eigenvalue weighted by molar-refractivity contribution is 0.0675. The van der Waals surface area contributed by atoms with Gasteiger partial charge in [-0.25, -0.2) is 0 Å². The molecule has 0 aliphatic carbocycles. The molecule has 0 fully saturated rings. The highest BCUT2D eigenvalue weighted by Crippen LogP contribution is 2.33. The zero-order chi connectivity index (χ0) is 14.2. The van der Waals surface area contributed by atoms with E-state index in [0.29, 0.717) is 21.9 Å². The Morgan fingerprint density at radius 2 is 1.85 bits per heavy atom. The lowest BCUT2D eigenvalue weighted by Gasteiger charge is -2.24. The Kier molecular flexibility index (Phi) is 3.26. The highest BCUT2D eigenvalue weighted by molar-refractivity contribution is 6.31. The van der Waals surface area contributed by atoms with Gasteiger partial charge in [0, 0.05) is 17.0 Å². The van der Waals surface area contributed by atoms with E-state index in [4.69, 9.17) is 21.8 Å². The highest BCUT2D eigenvalue weighted by Gasteiger charge is 2.33. The Hall–Kier alpha value is -1.81. The predicted molar refractivity (Wildman–Crippen MR) is 79.7 cm³/mol. The van der Waals surface area contributed by atoms with E-state index in [0.717, 1.165) is 5.39 Å². The minimum absolute atomic E-state index is 0.0323. The smallest absolute Gasteiger partial charge is 0.159 e. The van der Waals surface area contributed by atoms with E-state index in [9.17, 15) is 5.11 Å². The number of rotatable bonds is 3. The Bertz CT molecular complexity index is 739. The van der Waals surface area contributed by atoms with Gasteiger partial charge in [-0.3, -0.25) is 0 Å². The molecule has 0 radical (unpaired) electrons. The molecule has 4 heteroatoms. The highest BCUT2D eigenvalue weighted by atomic mass is 35.5. The summed E-state index contributed by atoms with van der Waals surface area (Å²) in [4.78, 5) is 0. The van der Waals surface area contributed by atoms with Gasteiger partial charge in [0.25, 0.3) is 0 Å². The third-order valence-electron chi connectivity index (χ3n) is 3.43. The van der Waals surface area contributed by atoms with Crippen LogP contribution in [0.25, 0.3) is 11.0 Å². The van der Waals surface area contributed by atoms with E-state index in [1.807, 2.05) is 30.3 Å². The fourth-order valence-corrected chi connectivity index (χ4v) is 2.47. The largest absolute Gasteiger partial charge is 0.458 e. The quantitative estimate of drug-likeness (QED) is 0.777. The first-order valence-corrected chi connectivity index (χ1v) is 6.69. The van der Waals surface area contributed by atoms with Crippen LogP contribution in [-0.2, 0) is 5.60 Å². The molecular weight excluding hydrogens is 274 g/mol. The Balaban J connectivity index is 2.16. The number of hydrogen-bond donors (Lipinski definition) is 2. The normalized spacial score (nSPS) is 14.3. The molecule has 3 nitrogen and oxygen atoms in total. The maximum absolute atomic E-state index is 10.9. The van der Waals surface area contributed by atoms with Crippen molar-refractivity contribution >= 4 is 22.6 Å². The lowest BCUT2D eigenvalue weighted by atomic mass is 9.91. The van der Waals surface area contributed by atoms with Gasteiger partial charge in [0.1, 0.15) is 11.3 Å². The number of furan rings is 1. The van der Waals surface area contributed by atoms with Crippen LogP contribution in [0.2, 0.25) is 5.02 Å². The van der Waals surface area contributed by atoms with E-state index in [1.54, 1.807) is 24.3 Å². The molecule has 0 spiro atoms. The van der Waals surface area contributed by atoms with Crippen molar-refractivity contribution in [3.05, 3.63) is 70.9 Å². The standard InChI is InChI=1S/C16H14ClNO2/c17-13-6-7-14-11(8-13)9-15(20-14)16(19,10-18)12-4-2-1-3-5-12/h1-9,19H,10,18H2. The van der Waals surface area contributed by atoms with Gasteiger partial charge in [-0.1, -0.05) is 41.9 Å². The minimum Gasteiger partial charge on any atom is -0.458 e. The molecule has 1 aromatic heterocycles. The van der Waals surface area contributed by atoms with Crippen LogP contribution in [0, 0.1) is 0 Å². The lowest BCUT2D eigenvalue weighted by Crippen LogP contribution is -2.35. The van der Waals surface area contributed by atoms with Crippen molar-refractivity contribution in [3.63, 3.8) is 0 Å². The third kappa shape index (κ3) is 2.10. The van der Waals surface area contributed by atoms with Crippen molar-refractivity contribution in [2.45, 2.75) is 5.60 Å². The zero-order valence-corrected chi connectivity index (χ0v) is 11.5. The summed E-state index contributed by atoms with van der Waals surface area (Å²) in [7, 11) is 0. The number of nitrogens with two attached hydrogens (primary N) is 1. The molecule has 1 unspecified atom stereocenters. The number of hydrogen-bond acceptors (Lipinski definition) is 3. The van der Waals surface area contributed by atoms with E-state index < -0.39 is 5.60 Å². The monoisotopic (exact) mass is 287 g/mol. The summed E-state index contributed by atoms with van der Waals surface area (Å²) >= 11 is 5.96. The Morgan fingerprint density at radius 3 is 2.55 bits per heavy atom. The van der Waals surface area contributed by atoms with Crippen LogP contribution < -0.4 is 5.73 Å². The maximum atomic E-state index is 10.9. The van der Waals surface area contributed by atoms with Gasteiger partial charge >= 0.3 is 0 Å². The predicted octanol–water partition coefficient (Wildman–Crippen LogP) is 3.28. The number of benzene rings is 2. The van der Waals surface area contributed by atoms with Gasteiger partial charge in [-0.05, 0) is 29.8 Å². The van der Waals surface area contributed by atoms with Crippen LogP contribution in [0.1, 0.15) is 11.3 Å². The van der Waals surface area contributed by atoms with Gasteiger partial charge in [-0.15, -0.1) is 0 Å². The van der Waals surface area contributed by atoms with Crippen LogP contribution in [0.15, 0.2) is 59.0 Å². The molecule has 0 amide bonds. The van der Waals surface area contributed by atoms with Crippen LogP contribution in [0.3, 0.4) is 0 Å². The fraction of sp³-hybridized carbons (Fsp3) is 0.125. The summed E-state index contributed by atoms with van der Waals surface area (Å²) in [6.07, 6.45) is 0. The van der Waals surface area contributed by atoms with E-state index in [2.05, 4.69) is 0 Å². The molecule has 0 bridgehead atoms. The van der Waals surface area contributed by atoms with Gasteiger partial charge in [0.2, 0.25) is 0 Å². The second-order valence-electron chi connectivity index (χ2n) is 4.72. The molecule has 2 aromatic carbocycles.